The fourth-order valence-corrected chi connectivity index (χ4v) is 7.50. The first-order valence-electron chi connectivity index (χ1n) is 15.8. The molecule has 0 saturated heterocycles. The van der Waals surface area contributed by atoms with E-state index in [1.807, 2.05) is 73.7 Å². The standard InChI is InChI=1S/C37H40BrN3O5S/c1-27-12-18-32(19-13-27)41(47(44,45)34-22-20-33(46-2)21-23-34)26-36(42)40(25-29-14-16-30(38)17-15-29)35(24-28-8-4-3-5-9-28)37(43)39-31-10-6-7-11-31/h3-5,8-9,12-23,31,35H,6-7,10-11,24-26H2,1-2H3,(H,39,43). The molecule has 0 spiro atoms. The molecule has 1 unspecified atom stereocenters. The number of rotatable bonds is 13. The Morgan fingerprint density at radius 3 is 2.13 bits per heavy atom. The Bertz CT molecular complexity index is 1740. The lowest BCUT2D eigenvalue weighted by molar-refractivity contribution is -0.140. The first-order valence-corrected chi connectivity index (χ1v) is 18.0. The molecule has 2 amide bonds. The molecule has 10 heteroatoms. The van der Waals surface area contributed by atoms with E-state index in [-0.39, 0.29) is 29.8 Å². The van der Waals surface area contributed by atoms with E-state index in [0.29, 0.717) is 11.4 Å². The van der Waals surface area contributed by atoms with Crippen LogP contribution in [0.2, 0.25) is 0 Å². The quantitative estimate of drug-likeness (QED) is 0.167. The summed E-state index contributed by atoms with van der Waals surface area (Å²) in [6.45, 7) is 1.52. The van der Waals surface area contributed by atoms with Crippen LogP contribution in [0.5, 0.6) is 5.75 Å². The van der Waals surface area contributed by atoms with Gasteiger partial charge in [0.25, 0.3) is 10.0 Å². The molecule has 0 aliphatic heterocycles. The maximum absolute atomic E-state index is 14.6. The highest BCUT2D eigenvalue weighted by molar-refractivity contribution is 9.10. The lowest BCUT2D eigenvalue weighted by Crippen LogP contribution is -2.54. The van der Waals surface area contributed by atoms with Crippen LogP contribution < -0.4 is 14.4 Å². The van der Waals surface area contributed by atoms with Crippen LogP contribution in [0.1, 0.15) is 42.4 Å². The lowest BCUT2D eigenvalue weighted by atomic mass is 10.0. The van der Waals surface area contributed by atoms with Gasteiger partial charge in [-0.05, 0) is 79.4 Å². The highest BCUT2D eigenvalue weighted by atomic mass is 79.9. The van der Waals surface area contributed by atoms with Gasteiger partial charge in [-0.2, -0.15) is 0 Å². The molecule has 4 aromatic carbocycles. The molecule has 0 aromatic heterocycles. The Labute approximate surface area is 285 Å². The van der Waals surface area contributed by atoms with Crippen molar-refractivity contribution in [3.05, 3.63) is 124 Å². The second kappa shape index (κ2) is 15.6. The number of nitrogens with one attached hydrogen (secondary N) is 1. The van der Waals surface area contributed by atoms with Crippen LogP contribution in [0.25, 0.3) is 0 Å². The third-order valence-corrected chi connectivity index (χ3v) is 10.8. The number of aryl methyl sites for hydroxylation is 1. The Morgan fingerprint density at radius 1 is 0.872 bits per heavy atom. The summed E-state index contributed by atoms with van der Waals surface area (Å²) in [7, 11) is -2.69. The van der Waals surface area contributed by atoms with Crippen molar-refractivity contribution in [2.75, 3.05) is 18.0 Å². The van der Waals surface area contributed by atoms with Crippen LogP contribution in [0, 0.1) is 6.92 Å². The van der Waals surface area contributed by atoms with Gasteiger partial charge in [-0.15, -0.1) is 0 Å². The van der Waals surface area contributed by atoms with Gasteiger partial charge < -0.3 is 15.0 Å². The number of anilines is 1. The highest BCUT2D eigenvalue weighted by Gasteiger charge is 2.35. The number of carbonyl (C=O) groups excluding carboxylic acids is 2. The van der Waals surface area contributed by atoms with Crippen LogP contribution in [-0.2, 0) is 32.6 Å². The van der Waals surface area contributed by atoms with Crippen LogP contribution >= 0.6 is 15.9 Å². The molecular weight excluding hydrogens is 678 g/mol. The number of hydrogen-bond acceptors (Lipinski definition) is 5. The molecule has 0 radical (unpaired) electrons. The van der Waals surface area contributed by atoms with Crippen molar-refractivity contribution >= 4 is 43.5 Å². The number of hydrogen-bond donors (Lipinski definition) is 1. The van der Waals surface area contributed by atoms with Gasteiger partial charge in [0.15, 0.2) is 0 Å². The second-order valence-electron chi connectivity index (χ2n) is 11.9. The zero-order valence-corrected chi connectivity index (χ0v) is 29.0. The van der Waals surface area contributed by atoms with Gasteiger partial charge in [-0.25, -0.2) is 8.42 Å². The van der Waals surface area contributed by atoms with Gasteiger partial charge in [0.1, 0.15) is 18.3 Å². The largest absolute Gasteiger partial charge is 0.497 e. The van der Waals surface area contributed by atoms with E-state index in [2.05, 4.69) is 21.2 Å². The summed E-state index contributed by atoms with van der Waals surface area (Å²) in [6, 6.07) is 29.4. The molecule has 0 heterocycles. The van der Waals surface area contributed by atoms with Gasteiger partial charge in [-0.1, -0.05) is 88.9 Å². The van der Waals surface area contributed by atoms with Gasteiger partial charge in [0, 0.05) is 23.5 Å². The van der Waals surface area contributed by atoms with Crippen molar-refractivity contribution in [1.82, 2.24) is 10.2 Å². The predicted octanol–water partition coefficient (Wildman–Crippen LogP) is 6.66. The summed E-state index contributed by atoms with van der Waals surface area (Å²) in [5.74, 6) is -0.223. The normalized spacial score (nSPS) is 13.9. The minimum Gasteiger partial charge on any atom is -0.497 e. The molecule has 246 valence electrons. The number of methoxy groups -OCH3 is 1. The van der Waals surface area contributed by atoms with Gasteiger partial charge in [-0.3, -0.25) is 13.9 Å². The number of benzene rings is 4. The van der Waals surface area contributed by atoms with Gasteiger partial charge in [0.05, 0.1) is 17.7 Å². The SMILES string of the molecule is COc1ccc(S(=O)(=O)N(CC(=O)N(Cc2ccc(Br)cc2)C(Cc2ccccc2)C(=O)NC2CCCC2)c2ccc(C)cc2)cc1. The molecule has 0 bridgehead atoms. The topological polar surface area (TPSA) is 96.0 Å². The molecule has 1 N–H and O–H groups in total. The summed E-state index contributed by atoms with van der Waals surface area (Å²) >= 11 is 3.48. The minimum atomic E-state index is -4.20. The van der Waals surface area contributed by atoms with E-state index in [4.69, 9.17) is 4.74 Å². The van der Waals surface area contributed by atoms with Gasteiger partial charge >= 0.3 is 0 Å². The van der Waals surface area contributed by atoms with Crippen molar-refractivity contribution in [1.29, 1.82) is 0 Å². The van der Waals surface area contributed by atoms with E-state index < -0.39 is 28.5 Å². The second-order valence-corrected chi connectivity index (χ2v) is 14.6. The first-order chi connectivity index (χ1) is 22.6. The molecular formula is C37H40BrN3O5S. The van der Waals surface area contributed by atoms with Crippen molar-refractivity contribution in [2.24, 2.45) is 0 Å². The van der Waals surface area contributed by atoms with E-state index in [1.54, 1.807) is 24.3 Å². The summed E-state index contributed by atoms with van der Waals surface area (Å²) in [5, 5.41) is 3.20. The molecule has 1 saturated carbocycles. The molecule has 1 aliphatic rings. The fraction of sp³-hybridized carbons (Fsp3) is 0.297. The molecule has 5 rings (SSSR count). The van der Waals surface area contributed by atoms with E-state index in [1.165, 1.54) is 24.1 Å². The van der Waals surface area contributed by atoms with E-state index in [0.717, 1.165) is 51.2 Å². The summed E-state index contributed by atoms with van der Waals surface area (Å²) < 4.78 is 35.7. The molecule has 8 nitrogen and oxygen atoms in total. The molecule has 1 aliphatic carbocycles. The lowest BCUT2D eigenvalue weighted by Gasteiger charge is -2.34. The Hall–Kier alpha value is -4.15. The third-order valence-electron chi connectivity index (χ3n) is 8.49. The summed E-state index contributed by atoms with van der Waals surface area (Å²) in [4.78, 5) is 30.3. The molecule has 1 atom stereocenters. The van der Waals surface area contributed by atoms with Crippen molar-refractivity contribution in [3.8, 4) is 5.75 Å². The number of carbonyl (C=O) groups is 2. The molecule has 47 heavy (non-hydrogen) atoms. The Balaban J connectivity index is 1.55. The van der Waals surface area contributed by atoms with E-state index in [9.17, 15) is 18.0 Å². The maximum Gasteiger partial charge on any atom is 0.264 e. The minimum absolute atomic E-state index is 0.0194. The maximum atomic E-state index is 14.6. The monoisotopic (exact) mass is 717 g/mol. The van der Waals surface area contributed by atoms with Crippen molar-refractivity contribution in [3.63, 3.8) is 0 Å². The van der Waals surface area contributed by atoms with Crippen molar-refractivity contribution in [2.45, 2.75) is 62.6 Å². The fourth-order valence-electron chi connectivity index (χ4n) is 5.82. The predicted molar refractivity (Wildman–Crippen MR) is 188 cm³/mol. The van der Waals surface area contributed by atoms with Crippen LogP contribution in [0.4, 0.5) is 5.69 Å². The zero-order chi connectivity index (χ0) is 33.4. The summed E-state index contributed by atoms with van der Waals surface area (Å²) in [6.07, 6.45) is 4.16. The molecule has 1 fully saturated rings. The van der Waals surface area contributed by atoms with Crippen LogP contribution in [0.3, 0.4) is 0 Å². The number of nitrogens with zero attached hydrogens (tertiary/aromatic N) is 2. The summed E-state index contributed by atoms with van der Waals surface area (Å²) in [5.41, 5.74) is 3.01. The number of sulfonamides is 1. The van der Waals surface area contributed by atoms with Crippen LogP contribution in [-0.4, -0.2) is 50.9 Å². The third kappa shape index (κ3) is 8.81. The molecule has 4 aromatic rings. The number of halogens is 1. The average Bonchev–Trinajstić information content (AvgIpc) is 3.60. The number of amides is 2. The smallest absolute Gasteiger partial charge is 0.264 e. The van der Waals surface area contributed by atoms with Gasteiger partial charge in [0.2, 0.25) is 11.8 Å². The van der Waals surface area contributed by atoms with E-state index >= 15 is 0 Å². The average molecular weight is 719 g/mol. The first kappa shape index (κ1) is 34.2. The van der Waals surface area contributed by atoms with Crippen LogP contribution in [0.15, 0.2) is 112 Å². The Kier molecular flexibility index (Phi) is 11.4. The van der Waals surface area contributed by atoms with Crippen molar-refractivity contribution < 1.29 is 22.7 Å². The zero-order valence-electron chi connectivity index (χ0n) is 26.6. The Morgan fingerprint density at radius 2 is 1.51 bits per heavy atom. The number of ether oxygens (including phenoxy) is 1. The highest BCUT2D eigenvalue weighted by Crippen LogP contribution is 2.27.